The first kappa shape index (κ1) is 17.8. The smallest absolute Gasteiger partial charge is 0.206 e. The number of hydrogen-bond acceptors (Lipinski definition) is 3. The van der Waals surface area contributed by atoms with Gasteiger partial charge in [-0.05, 0) is 43.7 Å². The lowest BCUT2D eigenvalue weighted by molar-refractivity contribution is 0.629. The van der Waals surface area contributed by atoms with Gasteiger partial charge < -0.3 is 0 Å². The molecule has 0 fully saturated rings. The Hall–Kier alpha value is -2.05. The van der Waals surface area contributed by atoms with Crippen molar-refractivity contribution in [1.82, 2.24) is 4.68 Å². The van der Waals surface area contributed by atoms with E-state index < -0.39 is 0 Å². The van der Waals surface area contributed by atoms with Gasteiger partial charge in [0.2, 0.25) is 4.80 Å². The SMILES string of the molecule is CC(C)N=c1scc(-c2ccccc2F)n1N=Cc1ccc(Br)cc1. The zero-order valence-electron chi connectivity index (χ0n) is 13.9. The van der Waals surface area contributed by atoms with Gasteiger partial charge in [-0.2, -0.15) is 5.10 Å². The predicted molar refractivity (Wildman–Crippen MR) is 106 cm³/mol. The molecule has 0 spiro atoms. The normalized spacial score (nSPS) is 12.4. The molecule has 0 unspecified atom stereocenters. The Balaban J connectivity index is 2.11. The van der Waals surface area contributed by atoms with Gasteiger partial charge in [-0.3, -0.25) is 4.99 Å². The van der Waals surface area contributed by atoms with Crippen LogP contribution in [0.25, 0.3) is 11.3 Å². The van der Waals surface area contributed by atoms with Crippen LogP contribution in [-0.2, 0) is 0 Å². The molecule has 0 saturated carbocycles. The van der Waals surface area contributed by atoms with Crippen LogP contribution in [0.5, 0.6) is 0 Å². The highest BCUT2D eigenvalue weighted by Crippen LogP contribution is 2.23. The van der Waals surface area contributed by atoms with E-state index in [-0.39, 0.29) is 11.9 Å². The topological polar surface area (TPSA) is 29.6 Å². The van der Waals surface area contributed by atoms with E-state index >= 15 is 0 Å². The maximum Gasteiger partial charge on any atom is 0.206 e. The fraction of sp³-hybridized carbons (Fsp3) is 0.158. The molecule has 2 aromatic carbocycles. The number of hydrogen-bond donors (Lipinski definition) is 0. The van der Waals surface area contributed by atoms with E-state index in [2.05, 4.69) is 26.0 Å². The van der Waals surface area contributed by atoms with Crippen molar-refractivity contribution in [2.24, 2.45) is 10.1 Å². The van der Waals surface area contributed by atoms with Crippen molar-refractivity contribution < 1.29 is 4.39 Å². The third-order valence-electron chi connectivity index (χ3n) is 3.40. The molecule has 0 aliphatic heterocycles. The third-order valence-corrected chi connectivity index (χ3v) is 4.76. The Morgan fingerprint density at radius 1 is 1.12 bits per heavy atom. The Kier molecular flexibility index (Phi) is 5.60. The summed E-state index contributed by atoms with van der Waals surface area (Å²) in [7, 11) is 0. The molecule has 1 aromatic heterocycles. The van der Waals surface area contributed by atoms with Gasteiger partial charge in [0.1, 0.15) is 5.82 Å². The number of rotatable bonds is 4. The zero-order chi connectivity index (χ0) is 17.8. The van der Waals surface area contributed by atoms with Gasteiger partial charge in [0.05, 0.1) is 11.9 Å². The number of aromatic nitrogens is 1. The van der Waals surface area contributed by atoms with Crippen molar-refractivity contribution in [1.29, 1.82) is 0 Å². The number of thiazole rings is 1. The summed E-state index contributed by atoms with van der Waals surface area (Å²) in [6.07, 6.45) is 1.75. The third kappa shape index (κ3) is 4.32. The Labute approximate surface area is 158 Å². The summed E-state index contributed by atoms with van der Waals surface area (Å²) in [5, 5.41) is 6.45. The van der Waals surface area contributed by atoms with Gasteiger partial charge in [-0.15, -0.1) is 11.3 Å². The van der Waals surface area contributed by atoms with Gasteiger partial charge in [0, 0.05) is 21.5 Å². The second-order valence-electron chi connectivity index (χ2n) is 5.71. The molecule has 0 amide bonds. The molecule has 1 heterocycles. The minimum atomic E-state index is -0.274. The summed E-state index contributed by atoms with van der Waals surface area (Å²) >= 11 is 4.87. The summed E-state index contributed by atoms with van der Waals surface area (Å²) in [6.45, 7) is 4.01. The number of nitrogens with zero attached hydrogens (tertiary/aromatic N) is 3. The molecular weight excluding hydrogens is 401 g/mol. The average Bonchev–Trinajstić information content (AvgIpc) is 2.96. The van der Waals surface area contributed by atoms with E-state index in [0.717, 1.165) is 14.8 Å². The largest absolute Gasteiger partial charge is 0.255 e. The van der Waals surface area contributed by atoms with Crippen LogP contribution >= 0.6 is 27.3 Å². The van der Waals surface area contributed by atoms with E-state index in [9.17, 15) is 4.39 Å². The van der Waals surface area contributed by atoms with Crippen LogP contribution in [0.2, 0.25) is 0 Å². The standard InChI is InChI=1S/C19H17BrFN3S/c1-13(2)23-19-24(22-11-14-7-9-15(20)10-8-14)18(12-25-19)16-5-3-4-6-17(16)21/h3-13H,1-2H3. The molecule has 0 atom stereocenters. The van der Waals surface area contributed by atoms with Crippen molar-refractivity contribution >= 4 is 33.5 Å². The van der Waals surface area contributed by atoms with E-state index in [4.69, 9.17) is 0 Å². The fourth-order valence-electron chi connectivity index (χ4n) is 2.25. The van der Waals surface area contributed by atoms with Crippen LogP contribution in [0.15, 0.2) is 68.5 Å². The summed E-state index contributed by atoms with van der Waals surface area (Å²) in [6, 6.07) is 14.7. The van der Waals surface area contributed by atoms with Gasteiger partial charge >= 0.3 is 0 Å². The van der Waals surface area contributed by atoms with Crippen LogP contribution in [0.1, 0.15) is 19.4 Å². The quantitative estimate of drug-likeness (QED) is 0.514. The van der Waals surface area contributed by atoms with Gasteiger partial charge in [-0.25, -0.2) is 9.07 Å². The maximum atomic E-state index is 14.2. The maximum absolute atomic E-state index is 14.2. The molecule has 0 saturated heterocycles. The molecule has 0 bridgehead atoms. The van der Waals surface area contributed by atoms with E-state index in [1.165, 1.54) is 17.4 Å². The summed E-state index contributed by atoms with van der Waals surface area (Å²) < 4.78 is 16.9. The van der Waals surface area contributed by atoms with Crippen molar-refractivity contribution in [3.8, 4) is 11.3 Å². The van der Waals surface area contributed by atoms with E-state index in [0.29, 0.717) is 11.3 Å². The molecule has 0 radical (unpaired) electrons. The predicted octanol–water partition coefficient (Wildman–Crippen LogP) is 5.31. The molecule has 0 aliphatic rings. The lowest BCUT2D eigenvalue weighted by atomic mass is 10.1. The number of benzene rings is 2. The molecular formula is C19H17BrFN3S. The molecule has 25 heavy (non-hydrogen) atoms. The minimum Gasteiger partial charge on any atom is -0.255 e. The van der Waals surface area contributed by atoms with Crippen LogP contribution in [0.3, 0.4) is 0 Å². The molecule has 0 N–H and O–H groups in total. The molecule has 3 rings (SSSR count). The van der Waals surface area contributed by atoms with Crippen LogP contribution in [-0.4, -0.2) is 16.9 Å². The molecule has 3 aromatic rings. The molecule has 6 heteroatoms. The van der Waals surface area contributed by atoms with Crippen molar-refractivity contribution in [2.75, 3.05) is 0 Å². The van der Waals surface area contributed by atoms with Crippen molar-refractivity contribution in [3.05, 3.63) is 74.6 Å². The highest BCUT2D eigenvalue weighted by molar-refractivity contribution is 9.10. The Morgan fingerprint density at radius 2 is 1.84 bits per heavy atom. The van der Waals surface area contributed by atoms with Gasteiger partial charge in [0.25, 0.3) is 0 Å². The summed E-state index contributed by atoms with van der Waals surface area (Å²) in [4.78, 5) is 5.34. The highest BCUT2D eigenvalue weighted by atomic mass is 79.9. The molecule has 128 valence electrons. The van der Waals surface area contributed by atoms with Crippen LogP contribution in [0, 0.1) is 5.82 Å². The summed E-state index contributed by atoms with van der Waals surface area (Å²) in [5.74, 6) is -0.274. The second-order valence-corrected chi connectivity index (χ2v) is 7.47. The monoisotopic (exact) mass is 417 g/mol. The van der Waals surface area contributed by atoms with Gasteiger partial charge in [-0.1, -0.05) is 40.2 Å². The van der Waals surface area contributed by atoms with Crippen molar-refractivity contribution in [2.45, 2.75) is 19.9 Å². The average molecular weight is 418 g/mol. The molecule has 0 aliphatic carbocycles. The lowest BCUT2D eigenvalue weighted by Crippen LogP contribution is -2.14. The highest BCUT2D eigenvalue weighted by Gasteiger charge is 2.11. The van der Waals surface area contributed by atoms with E-state index in [1.807, 2.05) is 49.6 Å². The van der Waals surface area contributed by atoms with Crippen LogP contribution in [0.4, 0.5) is 4.39 Å². The summed E-state index contributed by atoms with van der Waals surface area (Å²) in [5.41, 5.74) is 2.16. The lowest BCUT2D eigenvalue weighted by Gasteiger charge is -2.05. The fourth-order valence-corrected chi connectivity index (χ4v) is 3.47. The second kappa shape index (κ2) is 7.89. The number of halogens is 2. The van der Waals surface area contributed by atoms with Gasteiger partial charge in [0.15, 0.2) is 0 Å². The molecule has 3 nitrogen and oxygen atoms in total. The van der Waals surface area contributed by atoms with E-state index in [1.54, 1.807) is 23.0 Å². The first-order valence-corrected chi connectivity index (χ1v) is 9.51. The first-order valence-electron chi connectivity index (χ1n) is 7.84. The Bertz CT molecular complexity index is 955. The first-order chi connectivity index (χ1) is 12.0. The Morgan fingerprint density at radius 3 is 2.52 bits per heavy atom. The zero-order valence-corrected chi connectivity index (χ0v) is 16.3. The van der Waals surface area contributed by atoms with Crippen molar-refractivity contribution in [3.63, 3.8) is 0 Å². The minimum absolute atomic E-state index is 0.126. The van der Waals surface area contributed by atoms with Crippen LogP contribution < -0.4 is 4.80 Å².